The van der Waals surface area contributed by atoms with Gasteiger partial charge in [0.1, 0.15) is 0 Å². The third kappa shape index (κ3) is 3.61. The molecule has 0 aliphatic carbocycles. The summed E-state index contributed by atoms with van der Waals surface area (Å²) in [6.07, 6.45) is 2.91. The van der Waals surface area contributed by atoms with Crippen molar-refractivity contribution in [2.45, 2.75) is 12.8 Å². The van der Waals surface area contributed by atoms with Gasteiger partial charge in [0, 0.05) is 18.3 Å². The van der Waals surface area contributed by atoms with Crippen LogP contribution >= 0.6 is 0 Å². The van der Waals surface area contributed by atoms with Crippen molar-refractivity contribution in [1.29, 1.82) is 0 Å². The Morgan fingerprint density at radius 3 is 2.23 bits per heavy atom. The highest BCUT2D eigenvalue weighted by Crippen LogP contribution is 2.22. The van der Waals surface area contributed by atoms with E-state index in [9.17, 15) is 14.4 Å². The molecule has 0 atom stereocenters. The summed E-state index contributed by atoms with van der Waals surface area (Å²) in [5.74, 6) is -0.960. The number of benzene rings is 2. The van der Waals surface area contributed by atoms with Crippen LogP contribution < -0.4 is 11.2 Å². The average Bonchev–Trinajstić information content (AvgIpc) is 2.90. The van der Waals surface area contributed by atoms with Crippen LogP contribution in [0.3, 0.4) is 0 Å². The van der Waals surface area contributed by atoms with Crippen molar-refractivity contribution in [3.05, 3.63) is 65.2 Å². The minimum Gasteiger partial charge on any atom is -0.366 e. The summed E-state index contributed by atoms with van der Waals surface area (Å²) in [7, 11) is 0. The number of imide groups is 1. The highest BCUT2D eigenvalue weighted by molar-refractivity contribution is 6.21. The molecule has 1 heterocycles. The second kappa shape index (κ2) is 7.60. The van der Waals surface area contributed by atoms with Gasteiger partial charge < -0.3 is 5.73 Å². The number of fused-ring (bicyclic) bond motifs is 1. The number of hydrogen-bond donors (Lipinski definition) is 2. The minimum absolute atomic E-state index is 0.241. The number of amides is 3. The Kier molecular flexibility index (Phi) is 5.07. The number of hydrogen-bond acceptors (Lipinski definition) is 5. The Labute approximate surface area is 150 Å². The minimum atomic E-state index is -0.479. The van der Waals surface area contributed by atoms with Gasteiger partial charge in [-0.05, 0) is 49.2 Å². The highest BCUT2D eigenvalue weighted by atomic mass is 16.2. The van der Waals surface area contributed by atoms with Gasteiger partial charge in [-0.1, -0.05) is 12.1 Å². The lowest BCUT2D eigenvalue weighted by Crippen LogP contribution is -2.30. The molecule has 2 aromatic carbocycles. The Hall–Kier alpha value is -3.48. The molecule has 7 heteroatoms. The maximum Gasteiger partial charge on any atom is 0.261 e. The summed E-state index contributed by atoms with van der Waals surface area (Å²) in [4.78, 5) is 36.7. The van der Waals surface area contributed by atoms with Gasteiger partial charge in [-0.25, -0.2) is 0 Å². The first-order valence-corrected chi connectivity index (χ1v) is 8.20. The van der Waals surface area contributed by atoms with Crippen molar-refractivity contribution < 1.29 is 14.4 Å². The zero-order chi connectivity index (χ0) is 18.5. The van der Waals surface area contributed by atoms with Gasteiger partial charge in [0.05, 0.1) is 16.8 Å². The molecule has 0 unspecified atom stereocenters. The maximum absolute atomic E-state index is 12.2. The average molecular weight is 350 g/mol. The Morgan fingerprint density at radius 1 is 1.04 bits per heavy atom. The van der Waals surface area contributed by atoms with Crippen LogP contribution in [0.2, 0.25) is 0 Å². The Balaban J connectivity index is 1.44. The number of nitrogens with one attached hydrogen (secondary N) is 1. The van der Waals surface area contributed by atoms with Gasteiger partial charge in [0.15, 0.2) is 0 Å². The van der Waals surface area contributed by atoms with E-state index in [0.29, 0.717) is 36.1 Å². The number of carbonyl (C=O) groups is 3. The van der Waals surface area contributed by atoms with Gasteiger partial charge in [-0.3, -0.25) is 24.7 Å². The second-order valence-corrected chi connectivity index (χ2v) is 5.81. The van der Waals surface area contributed by atoms with Gasteiger partial charge in [-0.15, -0.1) is 0 Å². The van der Waals surface area contributed by atoms with Gasteiger partial charge in [-0.2, -0.15) is 5.10 Å². The van der Waals surface area contributed by atoms with Crippen LogP contribution in [0.25, 0.3) is 0 Å². The molecule has 2 aromatic rings. The number of carbonyl (C=O) groups excluding carboxylic acids is 3. The van der Waals surface area contributed by atoms with E-state index in [1.54, 1.807) is 54.7 Å². The van der Waals surface area contributed by atoms with Gasteiger partial charge in [0.25, 0.3) is 11.8 Å². The summed E-state index contributed by atoms with van der Waals surface area (Å²) in [5, 5.41) is 4.08. The summed E-state index contributed by atoms with van der Waals surface area (Å²) >= 11 is 0. The van der Waals surface area contributed by atoms with Crippen LogP contribution in [0.1, 0.15) is 43.9 Å². The van der Waals surface area contributed by atoms with Crippen LogP contribution in [0, 0.1) is 0 Å². The Morgan fingerprint density at radius 2 is 1.65 bits per heavy atom. The van der Waals surface area contributed by atoms with E-state index < -0.39 is 5.91 Å². The zero-order valence-electron chi connectivity index (χ0n) is 14.0. The van der Waals surface area contributed by atoms with E-state index in [2.05, 4.69) is 10.5 Å². The van der Waals surface area contributed by atoms with E-state index in [-0.39, 0.29) is 11.8 Å². The van der Waals surface area contributed by atoms with Crippen LogP contribution in [-0.2, 0) is 0 Å². The second-order valence-electron chi connectivity index (χ2n) is 5.81. The van der Waals surface area contributed by atoms with Gasteiger partial charge in [0.2, 0.25) is 5.91 Å². The molecule has 26 heavy (non-hydrogen) atoms. The van der Waals surface area contributed by atoms with Crippen molar-refractivity contribution >= 4 is 29.6 Å². The lowest BCUT2D eigenvalue weighted by Gasteiger charge is -2.12. The molecule has 0 saturated carbocycles. The number of nitrogens with zero attached hydrogens (tertiary/aromatic N) is 2. The quantitative estimate of drug-likeness (QED) is 0.346. The summed E-state index contributed by atoms with van der Waals surface area (Å²) in [6, 6.07) is 13.5. The molecule has 0 bridgehead atoms. The SMILES string of the molecule is NC(=O)c1ccc(NN=CCCCN2C(=O)c3ccccc3C2=O)cc1. The molecule has 0 saturated heterocycles. The molecule has 3 rings (SSSR count). The number of hydrazone groups is 1. The normalized spacial score (nSPS) is 13.3. The summed E-state index contributed by atoms with van der Waals surface area (Å²) in [6.45, 7) is 0.353. The van der Waals surface area contributed by atoms with Crippen molar-refractivity contribution in [3.8, 4) is 0 Å². The molecular weight excluding hydrogens is 332 g/mol. The molecule has 1 aliphatic rings. The lowest BCUT2D eigenvalue weighted by atomic mass is 10.1. The number of primary amides is 1. The number of nitrogens with two attached hydrogens (primary N) is 1. The summed E-state index contributed by atoms with van der Waals surface area (Å²) in [5.41, 5.74) is 10.1. The Bertz CT molecular complexity index is 840. The van der Waals surface area contributed by atoms with Crippen molar-refractivity contribution in [2.24, 2.45) is 10.8 Å². The van der Waals surface area contributed by atoms with Crippen molar-refractivity contribution in [2.75, 3.05) is 12.0 Å². The van der Waals surface area contributed by atoms with Crippen LogP contribution in [0.15, 0.2) is 53.6 Å². The van der Waals surface area contributed by atoms with Gasteiger partial charge >= 0.3 is 0 Å². The fourth-order valence-corrected chi connectivity index (χ4v) is 2.68. The predicted octanol–water partition coefficient (Wildman–Crippen LogP) is 2.26. The lowest BCUT2D eigenvalue weighted by molar-refractivity contribution is 0.0653. The highest BCUT2D eigenvalue weighted by Gasteiger charge is 2.34. The topological polar surface area (TPSA) is 105 Å². The molecule has 7 nitrogen and oxygen atoms in total. The first kappa shape index (κ1) is 17.3. The van der Waals surface area contributed by atoms with E-state index in [0.717, 1.165) is 5.69 Å². The number of anilines is 1. The first-order chi connectivity index (χ1) is 12.6. The monoisotopic (exact) mass is 350 g/mol. The van der Waals surface area contributed by atoms with E-state index in [1.165, 1.54) is 4.90 Å². The van der Waals surface area contributed by atoms with Crippen LogP contribution in [0.5, 0.6) is 0 Å². The molecule has 3 N–H and O–H groups in total. The van der Waals surface area contributed by atoms with Crippen LogP contribution in [-0.4, -0.2) is 35.4 Å². The molecule has 0 radical (unpaired) electrons. The molecule has 0 fully saturated rings. The molecule has 0 spiro atoms. The van der Waals surface area contributed by atoms with Crippen LogP contribution in [0.4, 0.5) is 5.69 Å². The van der Waals surface area contributed by atoms with E-state index in [4.69, 9.17) is 5.73 Å². The maximum atomic E-state index is 12.2. The smallest absolute Gasteiger partial charge is 0.261 e. The summed E-state index contributed by atoms with van der Waals surface area (Å²) < 4.78 is 0. The fraction of sp³-hybridized carbons (Fsp3) is 0.158. The molecule has 0 aromatic heterocycles. The standard InChI is InChI=1S/C19H18N4O3/c20-17(24)13-7-9-14(10-8-13)22-21-11-3-4-12-23-18(25)15-5-1-2-6-16(15)19(23)26/h1-2,5-11,22H,3-4,12H2,(H2,20,24). The van der Waals surface area contributed by atoms with Crippen molar-refractivity contribution in [3.63, 3.8) is 0 Å². The van der Waals surface area contributed by atoms with E-state index >= 15 is 0 Å². The third-order valence-electron chi connectivity index (χ3n) is 4.05. The fourth-order valence-electron chi connectivity index (χ4n) is 2.68. The predicted molar refractivity (Wildman–Crippen MR) is 98.1 cm³/mol. The van der Waals surface area contributed by atoms with Crippen molar-refractivity contribution in [1.82, 2.24) is 4.90 Å². The van der Waals surface area contributed by atoms with E-state index in [1.807, 2.05) is 0 Å². The zero-order valence-corrected chi connectivity index (χ0v) is 14.0. The number of rotatable bonds is 7. The molecule has 1 aliphatic heterocycles. The molecule has 132 valence electrons. The molecule has 3 amide bonds. The first-order valence-electron chi connectivity index (χ1n) is 8.20. The number of unbranched alkanes of at least 4 members (excludes halogenated alkanes) is 1. The molecular formula is C19H18N4O3. The third-order valence-corrected chi connectivity index (χ3v) is 4.05. The largest absolute Gasteiger partial charge is 0.366 e.